The molecule has 1 amide bonds. The summed E-state index contributed by atoms with van der Waals surface area (Å²) in [6, 6.07) is 8.36. The minimum absolute atomic E-state index is 0.0701. The Morgan fingerprint density at radius 2 is 1.48 bits per heavy atom. The van der Waals surface area contributed by atoms with Gasteiger partial charge in [0.2, 0.25) is 0 Å². The van der Waals surface area contributed by atoms with Crippen LogP contribution >= 0.6 is 0 Å². The van der Waals surface area contributed by atoms with E-state index >= 15 is 0 Å². The molecular weight excluding hydrogens is 430 g/mol. The van der Waals surface area contributed by atoms with Crippen LogP contribution in [-0.2, 0) is 16.0 Å². The Balaban J connectivity index is 1.98. The van der Waals surface area contributed by atoms with Gasteiger partial charge in [-0.1, -0.05) is 0 Å². The second kappa shape index (κ2) is 9.94. The zero-order chi connectivity index (χ0) is 24.1. The molecule has 3 aromatic rings. The smallest absolute Gasteiger partial charge is 0.338 e. The highest BCUT2D eigenvalue weighted by molar-refractivity contribution is 6.07. The number of hydrogen-bond donors (Lipinski definition) is 2. The van der Waals surface area contributed by atoms with Crippen LogP contribution in [0.15, 0.2) is 46.0 Å². The molecule has 33 heavy (non-hydrogen) atoms. The molecule has 3 rings (SSSR count). The Morgan fingerprint density at radius 1 is 0.879 bits per heavy atom. The number of nitrogens with one attached hydrogen (secondary N) is 2. The number of amides is 1. The van der Waals surface area contributed by atoms with Gasteiger partial charge in [0.25, 0.3) is 11.5 Å². The van der Waals surface area contributed by atoms with E-state index in [9.17, 15) is 24.0 Å². The Kier molecular flexibility index (Phi) is 7.07. The molecule has 0 spiro atoms. The van der Waals surface area contributed by atoms with Crippen LogP contribution in [0.25, 0.3) is 10.9 Å². The molecule has 0 saturated carbocycles. The summed E-state index contributed by atoms with van der Waals surface area (Å²) in [5.41, 5.74) is -0.344. The topological polar surface area (TPSA) is 137 Å². The highest BCUT2D eigenvalue weighted by Crippen LogP contribution is 2.19. The van der Waals surface area contributed by atoms with E-state index in [0.29, 0.717) is 0 Å². The molecule has 0 unspecified atom stereocenters. The van der Waals surface area contributed by atoms with Crippen molar-refractivity contribution in [3.63, 3.8) is 0 Å². The van der Waals surface area contributed by atoms with Gasteiger partial charge >= 0.3 is 17.6 Å². The van der Waals surface area contributed by atoms with Crippen LogP contribution in [0.5, 0.6) is 0 Å². The van der Waals surface area contributed by atoms with Crippen LogP contribution in [0.2, 0.25) is 0 Å². The number of fused-ring (bicyclic) bond motifs is 1. The van der Waals surface area contributed by atoms with Crippen molar-refractivity contribution < 1.29 is 23.9 Å². The fourth-order valence-corrected chi connectivity index (χ4v) is 3.25. The van der Waals surface area contributed by atoms with Crippen molar-refractivity contribution >= 4 is 34.4 Å². The standard InChI is InChI=1S/C23H23N3O7/c1-4-26-20(28)17-8-7-13(12-18(17)25-23(26)31)19(27)24-16-10-14(21(29)32-5-2)9-15(11-16)22(30)33-6-3/h7-12H,4-6H2,1-3H3,(H,24,27)(H,25,31). The predicted molar refractivity (Wildman–Crippen MR) is 121 cm³/mol. The average molecular weight is 453 g/mol. The largest absolute Gasteiger partial charge is 0.462 e. The first-order chi connectivity index (χ1) is 15.8. The summed E-state index contributed by atoms with van der Waals surface area (Å²) in [5, 5.41) is 2.89. The number of esters is 2. The maximum atomic E-state index is 12.8. The molecule has 0 bridgehead atoms. The van der Waals surface area contributed by atoms with Crippen LogP contribution in [0.4, 0.5) is 5.69 Å². The molecule has 2 N–H and O–H groups in total. The zero-order valence-corrected chi connectivity index (χ0v) is 18.4. The molecular formula is C23H23N3O7. The van der Waals surface area contributed by atoms with Gasteiger partial charge in [0.1, 0.15) is 0 Å². The molecule has 172 valence electrons. The van der Waals surface area contributed by atoms with Gasteiger partial charge in [-0.25, -0.2) is 14.4 Å². The summed E-state index contributed by atoms with van der Waals surface area (Å²) in [5.74, 6) is -1.89. The third kappa shape index (κ3) is 5.00. The van der Waals surface area contributed by atoms with E-state index in [0.717, 1.165) is 4.57 Å². The van der Waals surface area contributed by atoms with Gasteiger partial charge in [0.05, 0.1) is 35.2 Å². The first kappa shape index (κ1) is 23.5. The van der Waals surface area contributed by atoms with Crippen molar-refractivity contribution in [2.45, 2.75) is 27.3 Å². The summed E-state index contributed by atoms with van der Waals surface area (Å²) >= 11 is 0. The lowest BCUT2D eigenvalue weighted by Crippen LogP contribution is -2.34. The van der Waals surface area contributed by atoms with E-state index in [1.807, 2.05) is 0 Å². The van der Waals surface area contributed by atoms with Gasteiger partial charge in [0, 0.05) is 17.8 Å². The fraction of sp³-hybridized carbons (Fsp3) is 0.261. The first-order valence-corrected chi connectivity index (χ1v) is 10.4. The number of hydrogen-bond acceptors (Lipinski definition) is 7. The monoisotopic (exact) mass is 453 g/mol. The first-order valence-electron chi connectivity index (χ1n) is 10.4. The van der Waals surface area contributed by atoms with Crippen LogP contribution < -0.4 is 16.6 Å². The van der Waals surface area contributed by atoms with Crippen molar-refractivity contribution in [1.29, 1.82) is 0 Å². The van der Waals surface area contributed by atoms with Crippen molar-refractivity contribution in [2.75, 3.05) is 18.5 Å². The summed E-state index contributed by atoms with van der Waals surface area (Å²) in [4.78, 5) is 64.3. The van der Waals surface area contributed by atoms with E-state index in [1.165, 1.54) is 36.4 Å². The van der Waals surface area contributed by atoms with E-state index in [4.69, 9.17) is 9.47 Å². The maximum Gasteiger partial charge on any atom is 0.338 e. The highest BCUT2D eigenvalue weighted by atomic mass is 16.5. The van der Waals surface area contributed by atoms with E-state index in [-0.39, 0.29) is 53.0 Å². The number of aromatic nitrogens is 2. The number of ether oxygens (including phenoxy) is 2. The Hall–Kier alpha value is -4.21. The maximum absolute atomic E-state index is 12.8. The number of anilines is 1. The third-order valence-corrected chi connectivity index (χ3v) is 4.77. The number of nitrogens with zero attached hydrogens (tertiary/aromatic N) is 1. The lowest BCUT2D eigenvalue weighted by atomic mass is 10.1. The molecule has 0 fully saturated rings. The van der Waals surface area contributed by atoms with Crippen LogP contribution in [-0.4, -0.2) is 40.6 Å². The molecule has 0 atom stereocenters. The van der Waals surface area contributed by atoms with Gasteiger partial charge in [0.15, 0.2) is 0 Å². The lowest BCUT2D eigenvalue weighted by Gasteiger charge is -2.11. The Morgan fingerprint density at radius 3 is 2.03 bits per heavy atom. The Labute approximate surface area is 188 Å². The molecule has 0 aliphatic heterocycles. The van der Waals surface area contributed by atoms with E-state index < -0.39 is 29.1 Å². The number of carbonyl (C=O) groups is 3. The minimum Gasteiger partial charge on any atom is -0.462 e. The van der Waals surface area contributed by atoms with Gasteiger partial charge in [-0.15, -0.1) is 0 Å². The normalized spacial score (nSPS) is 10.6. The minimum atomic E-state index is -0.658. The molecule has 10 nitrogen and oxygen atoms in total. The Bertz CT molecular complexity index is 1320. The molecule has 10 heteroatoms. The molecule has 2 aromatic carbocycles. The van der Waals surface area contributed by atoms with Gasteiger partial charge in [-0.2, -0.15) is 0 Å². The summed E-state index contributed by atoms with van der Waals surface area (Å²) in [6.45, 7) is 5.47. The van der Waals surface area contributed by atoms with Crippen molar-refractivity contribution in [3.05, 3.63) is 73.9 Å². The summed E-state index contributed by atoms with van der Waals surface area (Å²) < 4.78 is 11.0. The molecule has 0 saturated heterocycles. The summed E-state index contributed by atoms with van der Waals surface area (Å²) in [7, 11) is 0. The second-order valence-corrected chi connectivity index (χ2v) is 6.93. The van der Waals surface area contributed by atoms with Crippen molar-refractivity contribution in [3.8, 4) is 0 Å². The van der Waals surface area contributed by atoms with Gasteiger partial charge < -0.3 is 19.8 Å². The lowest BCUT2D eigenvalue weighted by molar-refractivity contribution is 0.0525. The molecule has 1 aromatic heterocycles. The quantitative estimate of drug-likeness (QED) is 0.524. The number of benzene rings is 2. The van der Waals surface area contributed by atoms with E-state index in [1.54, 1.807) is 20.8 Å². The molecule has 0 aliphatic carbocycles. The predicted octanol–water partition coefficient (Wildman–Crippen LogP) is 2.32. The third-order valence-electron chi connectivity index (χ3n) is 4.77. The zero-order valence-electron chi connectivity index (χ0n) is 18.4. The van der Waals surface area contributed by atoms with Crippen LogP contribution in [0, 0.1) is 0 Å². The van der Waals surface area contributed by atoms with Crippen LogP contribution in [0.3, 0.4) is 0 Å². The molecule has 1 heterocycles. The number of carbonyl (C=O) groups excluding carboxylic acids is 3. The molecule has 0 aliphatic rings. The highest BCUT2D eigenvalue weighted by Gasteiger charge is 2.17. The number of aromatic amines is 1. The SMILES string of the molecule is CCOC(=O)c1cc(NC(=O)c2ccc3c(=O)n(CC)c(=O)[nH]c3c2)cc(C(=O)OCC)c1. The second-order valence-electron chi connectivity index (χ2n) is 6.93. The molecule has 0 radical (unpaired) electrons. The van der Waals surface area contributed by atoms with E-state index in [2.05, 4.69) is 10.3 Å². The summed E-state index contributed by atoms with van der Waals surface area (Å²) in [6.07, 6.45) is 0. The number of H-pyrrole nitrogens is 1. The fourth-order valence-electron chi connectivity index (χ4n) is 3.25. The van der Waals surface area contributed by atoms with Crippen molar-refractivity contribution in [2.24, 2.45) is 0 Å². The van der Waals surface area contributed by atoms with Gasteiger partial charge in [-0.3, -0.25) is 14.2 Å². The van der Waals surface area contributed by atoms with Gasteiger partial charge in [-0.05, 0) is 57.2 Å². The van der Waals surface area contributed by atoms with Crippen LogP contribution in [0.1, 0.15) is 51.8 Å². The van der Waals surface area contributed by atoms with Crippen molar-refractivity contribution in [1.82, 2.24) is 9.55 Å². The average Bonchev–Trinajstić information content (AvgIpc) is 2.79. The number of rotatable bonds is 7.